The second-order valence-electron chi connectivity index (χ2n) is 7.80. The fourth-order valence-electron chi connectivity index (χ4n) is 3.87. The smallest absolute Gasteiger partial charge is 0.423 e. The third-order valence-electron chi connectivity index (χ3n) is 5.49. The van der Waals surface area contributed by atoms with E-state index in [0.717, 1.165) is 6.07 Å². The highest BCUT2D eigenvalue weighted by molar-refractivity contribution is 7.99. The molecule has 3 nitrogen and oxygen atoms in total. The van der Waals surface area contributed by atoms with Crippen molar-refractivity contribution in [3.8, 4) is 11.1 Å². The van der Waals surface area contributed by atoms with Crippen LogP contribution in [-0.2, 0) is 10.3 Å². The molecule has 0 fully saturated rings. The lowest BCUT2D eigenvalue weighted by molar-refractivity contribution is -0.383. The molecule has 4 aromatic rings. The Bertz CT molecular complexity index is 1490. The highest BCUT2D eigenvalue weighted by Gasteiger charge is 2.73. The molecule has 3 aromatic carbocycles. The molecule has 4 rings (SSSR count). The minimum atomic E-state index is -5.95. The van der Waals surface area contributed by atoms with E-state index >= 15 is 0 Å². The van der Waals surface area contributed by atoms with E-state index in [4.69, 9.17) is 4.42 Å². The lowest BCUT2D eigenvalue weighted by Gasteiger charge is -2.36. The molecule has 0 radical (unpaired) electrons. The molecular weight excluding hydrogens is 532 g/mol. The molecule has 12 heteroatoms. The van der Waals surface area contributed by atoms with Gasteiger partial charge in [0.25, 0.3) is 5.60 Å². The Balaban J connectivity index is 1.79. The molecule has 0 unspecified atom stereocenters. The first-order valence-corrected chi connectivity index (χ1v) is 11.1. The van der Waals surface area contributed by atoms with Crippen molar-refractivity contribution in [2.75, 3.05) is 7.11 Å². The summed E-state index contributed by atoms with van der Waals surface area (Å²) in [5.74, 6) is -1.83. The number of ether oxygens (including phenoxy) is 1. The van der Waals surface area contributed by atoms with Gasteiger partial charge in [-0.05, 0) is 59.7 Å². The molecule has 0 N–H and O–H groups in total. The molecular formula is C25H14F8O3S. The Morgan fingerprint density at radius 1 is 0.757 bits per heavy atom. The third-order valence-corrected chi connectivity index (χ3v) is 6.45. The zero-order chi connectivity index (χ0) is 27.2. The van der Waals surface area contributed by atoms with Crippen LogP contribution in [0.5, 0.6) is 0 Å². The third kappa shape index (κ3) is 4.95. The van der Waals surface area contributed by atoms with Crippen LogP contribution in [0.2, 0.25) is 0 Å². The number of halogens is 8. The average molecular weight is 546 g/mol. The summed E-state index contributed by atoms with van der Waals surface area (Å²) in [5.41, 5.74) is -6.02. The molecule has 37 heavy (non-hydrogen) atoms. The van der Waals surface area contributed by atoms with Crippen LogP contribution in [-0.4, -0.2) is 19.5 Å². The zero-order valence-corrected chi connectivity index (χ0v) is 19.3. The van der Waals surface area contributed by atoms with Crippen LogP contribution in [0.1, 0.15) is 5.56 Å². The van der Waals surface area contributed by atoms with Crippen LogP contribution in [0.15, 0.2) is 85.7 Å². The second kappa shape index (κ2) is 9.49. The lowest BCUT2D eigenvalue weighted by atomic mass is 9.92. The topological polar surface area (TPSA) is 39.4 Å². The van der Waals surface area contributed by atoms with Gasteiger partial charge in [-0.15, -0.1) is 0 Å². The molecule has 194 valence electrons. The van der Waals surface area contributed by atoms with Crippen molar-refractivity contribution in [2.45, 2.75) is 27.7 Å². The highest BCUT2D eigenvalue weighted by atomic mass is 32.2. The molecule has 0 spiro atoms. The SMILES string of the molecule is COC(c1cc(F)cc(Sc2ccc3c(-c4ccc(F)cc4)cc(=O)oc3c2)c1)(C(F)(F)F)C(F)(F)F. The number of benzene rings is 3. The maximum Gasteiger partial charge on any atom is 0.430 e. The van der Waals surface area contributed by atoms with E-state index in [1.165, 1.54) is 48.5 Å². The Morgan fingerprint density at radius 3 is 2.00 bits per heavy atom. The molecule has 0 amide bonds. The van der Waals surface area contributed by atoms with Crippen molar-refractivity contribution in [3.63, 3.8) is 0 Å². The number of hydrogen-bond donors (Lipinski definition) is 0. The molecule has 0 atom stereocenters. The molecule has 0 saturated heterocycles. The monoisotopic (exact) mass is 546 g/mol. The quantitative estimate of drug-likeness (QED) is 0.189. The fourth-order valence-corrected chi connectivity index (χ4v) is 4.80. The van der Waals surface area contributed by atoms with Gasteiger partial charge in [0, 0.05) is 33.9 Å². The largest absolute Gasteiger partial charge is 0.430 e. The first kappa shape index (κ1) is 26.7. The molecule has 0 aliphatic rings. The van der Waals surface area contributed by atoms with Gasteiger partial charge in [0.1, 0.15) is 17.2 Å². The van der Waals surface area contributed by atoms with Crippen LogP contribution in [0.4, 0.5) is 35.1 Å². The average Bonchev–Trinajstić information content (AvgIpc) is 2.77. The summed E-state index contributed by atoms with van der Waals surface area (Å²) >= 11 is 0.646. The van der Waals surface area contributed by atoms with E-state index in [0.29, 0.717) is 34.3 Å². The van der Waals surface area contributed by atoms with Gasteiger partial charge in [-0.25, -0.2) is 13.6 Å². The van der Waals surface area contributed by atoms with Crippen molar-refractivity contribution in [1.29, 1.82) is 0 Å². The summed E-state index contributed by atoms with van der Waals surface area (Å²) in [4.78, 5) is 12.0. The van der Waals surface area contributed by atoms with E-state index in [-0.39, 0.29) is 28.6 Å². The fraction of sp³-hybridized carbons (Fsp3) is 0.160. The van der Waals surface area contributed by atoms with Crippen LogP contribution in [0.25, 0.3) is 22.1 Å². The highest BCUT2D eigenvalue weighted by Crippen LogP contribution is 2.53. The summed E-state index contributed by atoms with van der Waals surface area (Å²) in [6, 6.07) is 12.2. The summed E-state index contributed by atoms with van der Waals surface area (Å²) in [5, 5.41) is 0.433. The van der Waals surface area contributed by atoms with Crippen LogP contribution < -0.4 is 5.63 Å². The van der Waals surface area contributed by atoms with Gasteiger partial charge in [-0.1, -0.05) is 23.9 Å². The first-order valence-electron chi connectivity index (χ1n) is 10.3. The van der Waals surface area contributed by atoms with Crippen molar-refractivity contribution in [3.05, 3.63) is 94.3 Å². The van der Waals surface area contributed by atoms with E-state index in [1.54, 1.807) is 0 Å². The summed E-state index contributed by atoms with van der Waals surface area (Å²) in [6.45, 7) is 0. The summed E-state index contributed by atoms with van der Waals surface area (Å²) in [7, 11) is 0.239. The van der Waals surface area contributed by atoms with Gasteiger partial charge >= 0.3 is 18.0 Å². The molecule has 1 aromatic heterocycles. The second-order valence-corrected chi connectivity index (χ2v) is 8.95. The van der Waals surface area contributed by atoms with Crippen LogP contribution in [0, 0.1) is 11.6 Å². The number of hydrogen-bond acceptors (Lipinski definition) is 4. The maximum atomic E-state index is 14.3. The number of fused-ring (bicyclic) bond motifs is 1. The predicted octanol–water partition coefficient (Wildman–Crippen LogP) is 7.86. The Morgan fingerprint density at radius 2 is 1.41 bits per heavy atom. The van der Waals surface area contributed by atoms with Gasteiger partial charge in [-0.2, -0.15) is 26.3 Å². The van der Waals surface area contributed by atoms with Crippen molar-refractivity contribution in [1.82, 2.24) is 0 Å². The van der Waals surface area contributed by atoms with E-state index < -0.39 is 40.8 Å². The van der Waals surface area contributed by atoms with Gasteiger partial charge in [-0.3, -0.25) is 0 Å². The van der Waals surface area contributed by atoms with E-state index in [2.05, 4.69) is 4.74 Å². The molecule has 0 bridgehead atoms. The van der Waals surface area contributed by atoms with E-state index in [1.807, 2.05) is 0 Å². The van der Waals surface area contributed by atoms with Gasteiger partial charge in [0.15, 0.2) is 0 Å². The summed E-state index contributed by atoms with van der Waals surface area (Å²) < 4.78 is 118. The Kier molecular flexibility index (Phi) is 6.84. The van der Waals surface area contributed by atoms with Crippen LogP contribution in [0.3, 0.4) is 0 Å². The van der Waals surface area contributed by atoms with Crippen LogP contribution >= 0.6 is 11.8 Å². The van der Waals surface area contributed by atoms with Gasteiger partial charge in [0.05, 0.1) is 0 Å². The number of methoxy groups -OCH3 is 1. The van der Waals surface area contributed by atoms with Crippen molar-refractivity contribution < 1.29 is 44.3 Å². The molecule has 0 saturated carbocycles. The Labute approximate surface area is 207 Å². The maximum absolute atomic E-state index is 14.3. The predicted molar refractivity (Wildman–Crippen MR) is 119 cm³/mol. The minimum absolute atomic E-state index is 0.0465. The minimum Gasteiger partial charge on any atom is -0.423 e. The van der Waals surface area contributed by atoms with Gasteiger partial charge in [0.2, 0.25) is 0 Å². The van der Waals surface area contributed by atoms with Gasteiger partial charge < -0.3 is 9.15 Å². The zero-order valence-electron chi connectivity index (χ0n) is 18.5. The van der Waals surface area contributed by atoms with Crippen molar-refractivity contribution in [2.24, 2.45) is 0 Å². The Hall–Kier alpha value is -3.38. The molecule has 0 aliphatic heterocycles. The standard InChI is InChI=1S/C25H14F8O3S/c1-35-23(24(28,29)30,25(31,32)33)14-8-16(27)10-18(9-14)37-17-6-7-19-20(12-22(34)36-21(19)11-17)13-2-4-15(26)5-3-13/h2-12H,1H3. The van der Waals surface area contributed by atoms with E-state index in [9.17, 15) is 39.9 Å². The number of rotatable bonds is 5. The normalized spacial score (nSPS) is 12.8. The first-order chi connectivity index (χ1) is 17.2. The lowest BCUT2D eigenvalue weighted by Crippen LogP contribution is -2.55. The molecule has 1 heterocycles. The number of alkyl halides is 6. The summed E-state index contributed by atoms with van der Waals surface area (Å²) in [6.07, 6.45) is -11.9. The van der Waals surface area contributed by atoms with Crippen molar-refractivity contribution >= 4 is 22.7 Å². The molecule has 0 aliphatic carbocycles.